The molecule has 0 spiro atoms. The molecule has 5 heteroatoms. The number of unbranched alkanes of at least 4 members (excludes halogenated alkanes) is 6. The van der Waals surface area contributed by atoms with Crippen molar-refractivity contribution in [2.75, 3.05) is 27.7 Å². The smallest absolute Gasteiger partial charge is 0.307 e. The molecule has 0 aliphatic rings. The Balaban J connectivity index is 3.77. The average molecular weight is 397 g/mol. The molecule has 0 aliphatic heterocycles. The van der Waals surface area contributed by atoms with Gasteiger partial charge in [0.2, 0.25) is 0 Å². The summed E-state index contributed by atoms with van der Waals surface area (Å²) >= 11 is 0. The summed E-state index contributed by atoms with van der Waals surface area (Å²) in [5.41, 5.74) is 0. The molecule has 0 unspecified atom stereocenters. The number of hydrogen-bond donors (Lipinski definition) is 1. The molecule has 0 aliphatic carbocycles. The first kappa shape index (κ1) is 26.4. The number of esters is 1. The van der Waals surface area contributed by atoms with Crippen molar-refractivity contribution in [1.82, 2.24) is 0 Å². The number of allylic oxidation sites excluding steroid dienone is 4. The van der Waals surface area contributed by atoms with Crippen LogP contribution in [-0.4, -0.2) is 55.3 Å². The minimum Gasteiger partial charge on any atom is -0.481 e. The van der Waals surface area contributed by atoms with Crippen molar-refractivity contribution < 1.29 is 23.9 Å². The van der Waals surface area contributed by atoms with Gasteiger partial charge in [0.15, 0.2) is 6.10 Å². The van der Waals surface area contributed by atoms with Gasteiger partial charge in [-0.15, -0.1) is 0 Å². The van der Waals surface area contributed by atoms with Gasteiger partial charge in [0.25, 0.3) is 0 Å². The Morgan fingerprint density at radius 3 is 2.14 bits per heavy atom. The lowest BCUT2D eigenvalue weighted by Crippen LogP contribution is -2.43. The molecule has 0 aromatic rings. The normalized spacial score (nSPS) is 13.3. The van der Waals surface area contributed by atoms with E-state index in [4.69, 9.17) is 9.84 Å². The number of rotatable bonds is 17. The van der Waals surface area contributed by atoms with Crippen LogP contribution in [0.15, 0.2) is 24.3 Å². The fourth-order valence-electron chi connectivity index (χ4n) is 2.93. The second kappa shape index (κ2) is 16.3. The maximum atomic E-state index is 12.0. The van der Waals surface area contributed by atoms with Crippen molar-refractivity contribution in [1.29, 1.82) is 0 Å². The van der Waals surface area contributed by atoms with Crippen molar-refractivity contribution in [2.45, 2.75) is 83.7 Å². The van der Waals surface area contributed by atoms with E-state index in [1.807, 2.05) is 21.1 Å². The van der Waals surface area contributed by atoms with Crippen LogP contribution in [0.1, 0.15) is 77.6 Å². The summed E-state index contributed by atoms with van der Waals surface area (Å²) in [5, 5.41) is 8.99. The molecule has 0 saturated heterocycles. The number of carbonyl (C=O) groups excluding carboxylic acids is 1. The average Bonchev–Trinajstić information content (AvgIpc) is 2.56. The number of nitrogens with zero attached hydrogens (tertiary/aromatic N) is 1. The first-order valence-corrected chi connectivity index (χ1v) is 10.8. The molecule has 0 aromatic heterocycles. The highest BCUT2D eigenvalue weighted by Crippen LogP contribution is 2.11. The van der Waals surface area contributed by atoms with Crippen LogP contribution in [-0.2, 0) is 14.3 Å². The van der Waals surface area contributed by atoms with Gasteiger partial charge < -0.3 is 14.3 Å². The summed E-state index contributed by atoms with van der Waals surface area (Å²) in [7, 11) is 5.88. The number of aliphatic carboxylic acids is 1. The number of likely N-dealkylation sites (N-methyl/N-ethyl adjacent to an activating group) is 1. The van der Waals surface area contributed by atoms with Crippen LogP contribution in [0, 0.1) is 0 Å². The summed E-state index contributed by atoms with van der Waals surface area (Å²) in [5.74, 6) is -1.21. The molecule has 162 valence electrons. The molecular formula is C23H42NO4+. The first-order valence-electron chi connectivity index (χ1n) is 10.8. The second-order valence-corrected chi connectivity index (χ2v) is 8.46. The molecule has 0 radical (unpaired) electrons. The van der Waals surface area contributed by atoms with Gasteiger partial charge >= 0.3 is 11.9 Å². The highest BCUT2D eigenvalue weighted by Gasteiger charge is 2.24. The van der Waals surface area contributed by atoms with Gasteiger partial charge in [-0.05, 0) is 32.1 Å². The predicted octanol–water partition coefficient (Wildman–Crippen LogP) is 5.11. The summed E-state index contributed by atoms with van der Waals surface area (Å²) < 4.78 is 5.96. The van der Waals surface area contributed by atoms with Crippen LogP contribution in [0.2, 0.25) is 0 Å². The second-order valence-electron chi connectivity index (χ2n) is 8.46. The van der Waals surface area contributed by atoms with E-state index >= 15 is 0 Å². The predicted molar refractivity (Wildman–Crippen MR) is 115 cm³/mol. The van der Waals surface area contributed by atoms with E-state index in [2.05, 4.69) is 31.2 Å². The lowest BCUT2D eigenvalue weighted by molar-refractivity contribution is -0.873. The monoisotopic (exact) mass is 396 g/mol. The zero-order valence-corrected chi connectivity index (χ0v) is 18.5. The number of carboxylic acid groups (broad SMARTS) is 1. The molecule has 1 atom stereocenters. The highest BCUT2D eigenvalue weighted by atomic mass is 16.5. The minimum atomic E-state index is -0.933. The molecule has 0 aromatic carbocycles. The summed E-state index contributed by atoms with van der Waals surface area (Å²) in [6, 6.07) is 0. The molecule has 0 saturated carbocycles. The maximum Gasteiger partial charge on any atom is 0.307 e. The van der Waals surface area contributed by atoms with E-state index < -0.39 is 12.1 Å². The van der Waals surface area contributed by atoms with Crippen LogP contribution < -0.4 is 0 Å². The zero-order valence-electron chi connectivity index (χ0n) is 18.5. The zero-order chi connectivity index (χ0) is 21.3. The van der Waals surface area contributed by atoms with E-state index in [0.717, 1.165) is 38.5 Å². The van der Waals surface area contributed by atoms with Crippen molar-refractivity contribution in [3.05, 3.63) is 24.3 Å². The van der Waals surface area contributed by atoms with Crippen molar-refractivity contribution in [2.24, 2.45) is 0 Å². The maximum absolute atomic E-state index is 12.0. The Hall–Kier alpha value is -1.62. The Labute approximate surface area is 172 Å². The third-order valence-corrected chi connectivity index (χ3v) is 4.26. The number of carboxylic acids is 1. The molecule has 0 fully saturated rings. The molecule has 0 amide bonds. The third kappa shape index (κ3) is 19.2. The largest absolute Gasteiger partial charge is 0.481 e. The Morgan fingerprint density at radius 1 is 0.929 bits per heavy atom. The third-order valence-electron chi connectivity index (χ3n) is 4.26. The SMILES string of the molecule is CCC/C=C\C/C=C\CCCCCCCC(=O)O[C@H](CC(=O)O)C[N+](C)(C)C. The number of quaternary nitrogens is 1. The summed E-state index contributed by atoms with van der Waals surface area (Å²) in [4.78, 5) is 22.9. The van der Waals surface area contributed by atoms with Crippen LogP contribution in [0.4, 0.5) is 0 Å². The van der Waals surface area contributed by atoms with Gasteiger partial charge in [0, 0.05) is 6.42 Å². The van der Waals surface area contributed by atoms with E-state index in [0.29, 0.717) is 17.4 Å². The molecule has 0 rings (SSSR count). The van der Waals surface area contributed by atoms with Crippen LogP contribution in [0.3, 0.4) is 0 Å². The Kier molecular flexibility index (Phi) is 15.4. The molecule has 5 nitrogen and oxygen atoms in total. The highest BCUT2D eigenvalue weighted by molar-refractivity contribution is 5.71. The molecular weight excluding hydrogens is 354 g/mol. The quantitative estimate of drug-likeness (QED) is 0.161. The number of ether oxygens (including phenoxy) is 1. The number of carbonyl (C=O) groups is 2. The van der Waals surface area contributed by atoms with Gasteiger partial charge in [-0.3, -0.25) is 9.59 Å². The fraction of sp³-hybridized carbons (Fsp3) is 0.739. The topological polar surface area (TPSA) is 63.6 Å². The molecule has 28 heavy (non-hydrogen) atoms. The van der Waals surface area contributed by atoms with Gasteiger partial charge in [-0.1, -0.05) is 56.9 Å². The lowest BCUT2D eigenvalue weighted by Gasteiger charge is -2.28. The Morgan fingerprint density at radius 2 is 1.54 bits per heavy atom. The summed E-state index contributed by atoms with van der Waals surface area (Å²) in [6.45, 7) is 2.69. The van der Waals surface area contributed by atoms with Crippen LogP contribution in [0.5, 0.6) is 0 Å². The molecule has 0 heterocycles. The van der Waals surface area contributed by atoms with E-state index in [1.54, 1.807) is 0 Å². The van der Waals surface area contributed by atoms with Crippen LogP contribution >= 0.6 is 0 Å². The van der Waals surface area contributed by atoms with Gasteiger partial charge in [0.05, 0.1) is 27.6 Å². The standard InChI is InChI=1S/C23H41NO4/c1-5-6-7-8-9-10-11-12-13-14-15-16-17-18-23(27)28-21(19-22(25)26)20-24(2,3)4/h7-8,10-11,21H,5-6,9,12-20H2,1-4H3/p+1/b8-7-,11-10-/t21-/m1/s1. The van der Waals surface area contributed by atoms with E-state index in [9.17, 15) is 9.59 Å². The van der Waals surface area contributed by atoms with Crippen molar-refractivity contribution in [3.63, 3.8) is 0 Å². The van der Waals surface area contributed by atoms with E-state index in [1.165, 1.54) is 19.3 Å². The minimum absolute atomic E-state index is 0.136. The van der Waals surface area contributed by atoms with Gasteiger partial charge in [0.1, 0.15) is 6.54 Å². The number of hydrogen-bond acceptors (Lipinski definition) is 3. The van der Waals surface area contributed by atoms with Gasteiger partial charge in [-0.2, -0.15) is 0 Å². The molecule has 0 bridgehead atoms. The van der Waals surface area contributed by atoms with Crippen molar-refractivity contribution >= 4 is 11.9 Å². The first-order chi connectivity index (χ1) is 13.2. The molecule has 1 N–H and O–H groups in total. The summed E-state index contributed by atoms with van der Waals surface area (Å²) in [6.07, 6.45) is 18.4. The van der Waals surface area contributed by atoms with Crippen LogP contribution in [0.25, 0.3) is 0 Å². The Bertz CT molecular complexity index is 477. The van der Waals surface area contributed by atoms with Crippen molar-refractivity contribution in [3.8, 4) is 0 Å². The fourth-order valence-corrected chi connectivity index (χ4v) is 2.93. The van der Waals surface area contributed by atoms with Gasteiger partial charge in [-0.25, -0.2) is 0 Å². The lowest BCUT2D eigenvalue weighted by atomic mass is 10.1. The van der Waals surface area contributed by atoms with E-state index in [-0.39, 0.29) is 12.4 Å².